The fourth-order valence-electron chi connectivity index (χ4n) is 1.68. The van der Waals surface area contributed by atoms with E-state index in [4.69, 9.17) is 0 Å². The molecule has 1 amide bonds. The highest BCUT2D eigenvalue weighted by molar-refractivity contribution is 7.88. The number of amides is 1. The molecule has 4 N–H and O–H groups in total. The molecule has 1 heterocycles. The van der Waals surface area contributed by atoms with Gasteiger partial charge in [0.05, 0.1) is 17.3 Å². The Morgan fingerprint density at radius 3 is 2.65 bits per heavy atom. The second-order valence-electron chi connectivity index (χ2n) is 4.30. The first-order valence-corrected chi connectivity index (χ1v) is 7.69. The molecule has 1 aromatic heterocycles. The van der Waals surface area contributed by atoms with Crippen LogP contribution in [0.25, 0.3) is 11.0 Å². The van der Waals surface area contributed by atoms with Gasteiger partial charge in [-0.25, -0.2) is 17.9 Å². The molecule has 0 aliphatic heterocycles. The van der Waals surface area contributed by atoms with Crippen LogP contribution in [0.5, 0.6) is 0 Å². The van der Waals surface area contributed by atoms with Crippen LogP contribution in [0.2, 0.25) is 0 Å². The number of aromatic amines is 2. The van der Waals surface area contributed by atoms with E-state index in [-0.39, 0.29) is 24.6 Å². The number of carbonyl (C=O) groups excluding carboxylic acids is 1. The third-order valence-electron chi connectivity index (χ3n) is 2.52. The highest BCUT2D eigenvalue weighted by Gasteiger charge is 2.06. The third-order valence-corrected chi connectivity index (χ3v) is 3.24. The molecule has 20 heavy (non-hydrogen) atoms. The number of hydrogen-bond acceptors (Lipinski definition) is 4. The predicted molar refractivity (Wildman–Crippen MR) is 75.0 cm³/mol. The summed E-state index contributed by atoms with van der Waals surface area (Å²) >= 11 is 0. The number of sulfonamides is 1. The van der Waals surface area contributed by atoms with Gasteiger partial charge in [-0.1, -0.05) is 0 Å². The van der Waals surface area contributed by atoms with E-state index in [0.717, 1.165) is 6.26 Å². The van der Waals surface area contributed by atoms with Gasteiger partial charge in [0, 0.05) is 18.7 Å². The molecule has 0 bridgehead atoms. The lowest BCUT2D eigenvalue weighted by Crippen LogP contribution is -2.26. The Labute approximate surface area is 114 Å². The van der Waals surface area contributed by atoms with Crippen molar-refractivity contribution in [3.8, 4) is 0 Å². The van der Waals surface area contributed by atoms with Crippen LogP contribution in [0, 0.1) is 0 Å². The van der Waals surface area contributed by atoms with Crippen molar-refractivity contribution in [1.82, 2.24) is 14.7 Å². The number of nitrogens with one attached hydrogen (secondary N) is 4. The number of carbonyl (C=O) groups is 1. The minimum Gasteiger partial charge on any atom is -0.326 e. The number of rotatable bonds is 5. The standard InChI is InChI=1S/C11H14N4O4S/c1-20(18,19)12-5-4-10(16)13-7-2-3-8-9(6-7)15-11(17)14-8/h2-3,6,12H,4-5H2,1H3,(H,13,16)(H2,14,15,17). The minimum absolute atomic E-state index is 0.0226. The van der Waals surface area contributed by atoms with Crippen molar-refractivity contribution in [2.24, 2.45) is 0 Å². The molecular formula is C11H14N4O4S. The summed E-state index contributed by atoms with van der Waals surface area (Å²) in [4.78, 5) is 27.9. The largest absolute Gasteiger partial charge is 0.326 e. The summed E-state index contributed by atoms with van der Waals surface area (Å²) in [5, 5.41) is 2.62. The van der Waals surface area contributed by atoms with Crippen molar-refractivity contribution in [2.45, 2.75) is 6.42 Å². The number of H-pyrrole nitrogens is 2. The molecule has 0 radical (unpaired) electrons. The van der Waals surface area contributed by atoms with Crippen LogP contribution in [-0.4, -0.2) is 37.1 Å². The van der Waals surface area contributed by atoms with Crippen LogP contribution < -0.4 is 15.7 Å². The lowest BCUT2D eigenvalue weighted by atomic mass is 10.2. The number of anilines is 1. The molecule has 8 nitrogen and oxygen atoms in total. The fourth-order valence-corrected chi connectivity index (χ4v) is 2.16. The second kappa shape index (κ2) is 5.47. The van der Waals surface area contributed by atoms with Gasteiger partial charge in [-0.15, -0.1) is 0 Å². The van der Waals surface area contributed by atoms with Crippen LogP contribution in [0.3, 0.4) is 0 Å². The lowest BCUT2D eigenvalue weighted by Gasteiger charge is -2.05. The van der Waals surface area contributed by atoms with Gasteiger partial charge in [0.2, 0.25) is 15.9 Å². The SMILES string of the molecule is CS(=O)(=O)NCCC(=O)Nc1ccc2[nH]c(=O)[nH]c2c1. The van der Waals surface area contributed by atoms with E-state index in [2.05, 4.69) is 20.0 Å². The van der Waals surface area contributed by atoms with Crippen LogP contribution in [0.4, 0.5) is 5.69 Å². The molecule has 2 aromatic rings. The van der Waals surface area contributed by atoms with E-state index in [9.17, 15) is 18.0 Å². The minimum atomic E-state index is -3.29. The number of aromatic nitrogens is 2. The number of benzene rings is 1. The summed E-state index contributed by atoms with van der Waals surface area (Å²) in [7, 11) is -3.29. The van der Waals surface area contributed by atoms with E-state index in [1.807, 2.05) is 0 Å². The summed E-state index contributed by atoms with van der Waals surface area (Å²) in [5.41, 5.74) is 1.44. The quantitative estimate of drug-likeness (QED) is 0.606. The molecule has 9 heteroatoms. The van der Waals surface area contributed by atoms with Gasteiger partial charge in [-0.3, -0.25) is 4.79 Å². The maximum atomic E-state index is 11.6. The Morgan fingerprint density at radius 1 is 1.25 bits per heavy atom. The van der Waals surface area contributed by atoms with Gasteiger partial charge >= 0.3 is 5.69 Å². The number of hydrogen-bond donors (Lipinski definition) is 4. The van der Waals surface area contributed by atoms with E-state index in [1.165, 1.54) is 0 Å². The lowest BCUT2D eigenvalue weighted by molar-refractivity contribution is -0.116. The van der Waals surface area contributed by atoms with Crippen molar-refractivity contribution in [2.75, 3.05) is 18.1 Å². The summed E-state index contributed by atoms with van der Waals surface area (Å²) in [5.74, 6) is -0.321. The maximum Gasteiger partial charge on any atom is 0.323 e. The second-order valence-corrected chi connectivity index (χ2v) is 6.14. The molecule has 0 unspecified atom stereocenters. The van der Waals surface area contributed by atoms with Gasteiger partial charge in [0.1, 0.15) is 0 Å². The van der Waals surface area contributed by atoms with Crippen LogP contribution in [-0.2, 0) is 14.8 Å². The zero-order valence-electron chi connectivity index (χ0n) is 10.7. The zero-order valence-corrected chi connectivity index (χ0v) is 11.5. The number of imidazole rings is 1. The Hall–Kier alpha value is -2.13. The third kappa shape index (κ3) is 3.93. The van der Waals surface area contributed by atoms with Crippen molar-refractivity contribution in [3.63, 3.8) is 0 Å². The Morgan fingerprint density at radius 2 is 1.95 bits per heavy atom. The molecule has 0 fully saturated rings. The average molecular weight is 298 g/mol. The molecule has 0 saturated carbocycles. The van der Waals surface area contributed by atoms with Crippen molar-refractivity contribution in [1.29, 1.82) is 0 Å². The van der Waals surface area contributed by atoms with Crippen LogP contribution >= 0.6 is 0 Å². The molecule has 0 saturated heterocycles. The zero-order chi connectivity index (χ0) is 14.8. The molecule has 0 atom stereocenters. The van der Waals surface area contributed by atoms with E-state index < -0.39 is 10.0 Å². The first kappa shape index (κ1) is 14.3. The Bertz CT molecular complexity index is 790. The summed E-state index contributed by atoms with van der Waals surface area (Å²) in [6.45, 7) is 0.0356. The van der Waals surface area contributed by atoms with Gasteiger partial charge in [0.15, 0.2) is 0 Å². The van der Waals surface area contributed by atoms with Crippen molar-refractivity contribution in [3.05, 3.63) is 28.7 Å². The highest BCUT2D eigenvalue weighted by Crippen LogP contribution is 2.14. The molecule has 0 aliphatic rings. The van der Waals surface area contributed by atoms with E-state index in [1.54, 1.807) is 18.2 Å². The maximum absolute atomic E-state index is 11.6. The predicted octanol–water partition coefficient (Wildman–Crippen LogP) is -0.266. The molecule has 0 aliphatic carbocycles. The molecule has 1 aromatic carbocycles. The summed E-state index contributed by atoms with van der Waals surface area (Å²) in [6, 6.07) is 4.93. The smallest absolute Gasteiger partial charge is 0.323 e. The molecule has 108 valence electrons. The average Bonchev–Trinajstić information content (AvgIpc) is 2.66. The summed E-state index contributed by atoms with van der Waals surface area (Å²) < 4.78 is 23.9. The monoisotopic (exact) mass is 298 g/mol. The van der Waals surface area contributed by atoms with Crippen molar-refractivity contribution >= 4 is 32.7 Å². The van der Waals surface area contributed by atoms with Gasteiger partial charge in [-0.2, -0.15) is 0 Å². The number of fused-ring (bicyclic) bond motifs is 1. The first-order chi connectivity index (χ1) is 9.33. The Kier molecular flexibility index (Phi) is 3.91. The fraction of sp³-hybridized carbons (Fsp3) is 0.273. The van der Waals surface area contributed by atoms with Crippen molar-refractivity contribution < 1.29 is 13.2 Å². The molecule has 0 spiro atoms. The van der Waals surface area contributed by atoms with Gasteiger partial charge in [0.25, 0.3) is 0 Å². The van der Waals surface area contributed by atoms with Gasteiger partial charge in [-0.05, 0) is 18.2 Å². The van der Waals surface area contributed by atoms with Gasteiger partial charge < -0.3 is 15.3 Å². The molecule has 2 rings (SSSR count). The van der Waals surface area contributed by atoms with Crippen LogP contribution in [0.15, 0.2) is 23.0 Å². The Balaban J connectivity index is 1.97. The normalized spacial score (nSPS) is 11.7. The van der Waals surface area contributed by atoms with E-state index in [0.29, 0.717) is 16.7 Å². The topological polar surface area (TPSA) is 124 Å². The van der Waals surface area contributed by atoms with E-state index >= 15 is 0 Å². The highest BCUT2D eigenvalue weighted by atomic mass is 32.2. The molecular weight excluding hydrogens is 284 g/mol. The first-order valence-electron chi connectivity index (χ1n) is 5.80. The summed E-state index contributed by atoms with van der Waals surface area (Å²) in [6.07, 6.45) is 1.05. The van der Waals surface area contributed by atoms with Crippen LogP contribution in [0.1, 0.15) is 6.42 Å².